The summed E-state index contributed by atoms with van der Waals surface area (Å²) in [6.07, 6.45) is 3.27. The third-order valence-corrected chi connectivity index (χ3v) is 2.85. The van der Waals surface area contributed by atoms with E-state index in [0.29, 0.717) is 6.04 Å². The van der Waals surface area contributed by atoms with E-state index in [4.69, 9.17) is 4.99 Å². The second kappa shape index (κ2) is 5.76. The lowest BCUT2D eigenvalue weighted by molar-refractivity contribution is 0.833. The average Bonchev–Trinajstić information content (AvgIpc) is 2.82. The lowest BCUT2D eigenvalue weighted by atomic mass is 10.0. The predicted molar refractivity (Wildman–Crippen MR) is 74.3 cm³/mol. The highest BCUT2D eigenvalue weighted by molar-refractivity contribution is 6.12. The summed E-state index contributed by atoms with van der Waals surface area (Å²) in [7, 11) is 0. The summed E-state index contributed by atoms with van der Waals surface area (Å²) in [5.74, 6) is 0. The Hall–Kier alpha value is -1.44. The van der Waals surface area contributed by atoms with Crippen LogP contribution in [-0.2, 0) is 0 Å². The van der Waals surface area contributed by atoms with Gasteiger partial charge in [-0.25, -0.2) is 0 Å². The highest BCUT2D eigenvalue weighted by Crippen LogP contribution is 2.13. The van der Waals surface area contributed by atoms with Gasteiger partial charge in [0.25, 0.3) is 0 Å². The molecule has 90 valence electrons. The Bertz CT molecular complexity index is 416. The number of hydrogen-bond donors (Lipinski definition) is 0. The molecule has 0 bridgehead atoms. The van der Waals surface area contributed by atoms with Gasteiger partial charge >= 0.3 is 0 Å². The van der Waals surface area contributed by atoms with E-state index in [2.05, 4.69) is 43.1 Å². The molecule has 2 heteroatoms. The lowest BCUT2D eigenvalue weighted by Crippen LogP contribution is -2.10. The maximum atomic E-state index is 4.75. The monoisotopic (exact) mass is 228 g/mol. The molecule has 0 spiro atoms. The Balaban J connectivity index is 2.20. The van der Waals surface area contributed by atoms with Crippen LogP contribution in [0.5, 0.6) is 0 Å². The molecule has 0 radical (unpaired) electrons. The quantitative estimate of drug-likeness (QED) is 0.705. The van der Waals surface area contributed by atoms with Crippen LogP contribution in [0.4, 0.5) is 0 Å². The number of benzene rings is 1. The smallest absolute Gasteiger partial charge is 0.0479 e. The van der Waals surface area contributed by atoms with Crippen molar-refractivity contribution in [1.82, 2.24) is 0 Å². The zero-order valence-electron chi connectivity index (χ0n) is 10.7. The lowest BCUT2D eigenvalue weighted by Gasteiger charge is -2.09. The van der Waals surface area contributed by atoms with E-state index in [9.17, 15) is 0 Å². The normalized spacial score (nSPS) is 16.4. The highest BCUT2D eigenvalue weighted by atomic mass is 14.8. The van der Waals surface area contributed by atoms with Crippen LogP contribution in [0.25, 0.3) is 0 Å². The summed E-state index contributed by atoms with van der Waals surface area (Å²) in [4.78, 5) is 9.29. The average molecular weight is 228 g/mol. The van der Waals surface area contributed by atoms with Crippen LogP contribution in [0.15, 0.2) is 40.3 Å². The van der Waals surface area contributed by atoms with Crippen LogP contribution in [0.3, 0.4) is 0 Å². The van der Waals surface area contributed by atoms with Crippen molar-refractivity contribution < 1.29 is 0 Å². The van der Waals surface area contributed by atoms with E-state index in [1.807, 2.05) is 6.07 Å². The van der Waals surface area contributed by atoms with E-state index in [-0.39, 0.29) is 0 Å². The van der Waals surface area contributed by atoms with Gasteiger partial charge in [-0.3, -0.25) is 9.98 Å². The Morgan fingerprint density at radius 3 is 2.65 bits per heavy atom. The van der Waals surface area contributed by atoms with E-state index < -0.39 is 0 Å². The molecule has 0 saturated carbocycles. The molecule has 1 aromatic rings. The summed E-state index contributed by atoms with van der Waals surface area (Å²) in [5.41, 5.74) is 3.73. The van der Waals surface area contributed by atoms with Gasteiger partial charge in [0.1, 0.15) is 0 Å². The summed E-state index contributed by atoms with van der Waals surface area (Å²) < 4.78 is 0. The molecule has 1 aliphatic heterocycles. The van der Waals surface area contributed by atoms with Crippen LogP contribution in [0, 0.1) is 0 Å². The molecule has 0 aromatic heterocycles. The Labute approximate surface area is 104 Å². The third kappa shape index (κ3) is 3.52. The summed E-state index contributed by atoms with van der Waals surface area (Å²) in [6, 6.07) is 10.8. The van der Waals surface area contributed by atoms with Gasteiger partial charge in [-0.1, -0.05) is 30.3 Å². The molecule has 0 N–H and O–H groups in total. The molecule has 1 heterocycles. The third-order valence-electron chi connectivity index (χ3n) is 2.85. The SMILES string of the molecule is CC(C)N=C(CC1=NCCC1)c1ccccc1. The van der Waals surface area contributed by atoms with Crippen molar-refractivity contribution in [2.45, 2.75) is 39.2 Å². The molecule has 2 nitrogen and oxygen atoms in total. The zero-order chi connectivity index (χ0) is 12.1. The van der Waals surface area contributed by atoms with Gasteiger partial charge in [0.15, 0.2) is 0 Å². The molecule has 17 heavy (non-hydrogen) atoms. The minimum atomic E-state index is 0.340. The van der Waals surface area contributed by atoms with Crippen molar-refractivity contribution in [2.24, 2.45) is 9.98 Å². The van der Waals surface area contributed by atoms with Crippen LogP contribution >= 0.6 is 0 Å². The van der Waals surface area contributed by atoms with Gasteiger partial charge in [-0.05, 0) is 32.3 Å². The van der Waals surface area contributed by atoms with Crippen molar-refractivity contribution in [3.63, 3.8) is 0 Å². The van der Waals surface area contributed by atoms with Gasteiger partial charge in [0.2, 0.25) is 0 Å². The van der Waals surface area contributed by atoms with Gasteiger partial charge < -0.3 is 0 Å². The molecule has 0 fully saturated rings. The number of aliphatic imine (C=N–C) groups is 2. The van der Waals surface area contributed by atoms with Crippen molar-refractivity contribution in [3.8, 4) is 0 Å². The number of rotatable bonds is 4. The van der Waals surface area contributed by atoms with Crippen LogP contribution in [0.1, 0.15) is 38.7 Å². The molecule has 0 aliphatic carbocycles. The minimum Gasteiger partial charge on any atom is -0.294 e. The fourth-order valence-corrected chi connectivity index (χ4v) is 2.10. The molecule has 0 atom stereocenters. The molecular weight excluding hydrogens is 208 g/mol. The molecule has 1 aliphatic rings. The van der Waals surface area contributed by atoms with Crippen molar-refractivity contribution in [2.75, 3.05) is 6.54 Å². The molecule has 0 saturated heterocycles. The number of hydrogen-bond acceptors (Lipinski definition) is 2. The Kier molecular flexibility index (Phi) is 4.08. The largest absolute Gasteiger partial charge is 0.294 e. The summed E-state index contributed by atoms with van der Waals surface area (Å²) in [6.45, 7) is 5.25. The standard InChI is InChI=1S/C15H20N2/c1-12(2)17-15(11-14-9-6-10-16-14)13-7-4-3-5-8-13/h3-5,7-8,12H,6,9-11H2,1-2H3. The zero-order valence-corrected chi connectivity index (χ0v) is 10.7. The van der Waals surface area contributed by atoms with Crippen molar-refractivity contribution in [1.29, 1.82) is 0 Å². The van der Waals surface area contributed by atoms with Crippen molar-refractivity contribution in [3.05, 3.63) is 35.9 Å². The van der Waals surface area contributed by atoms with E-state index in [0.717, 1.165) is 19.4 Å². The van der Waals surface area contributed by atoms with E-state index in [1.54, 1.807) is 0 Å². The Morgan fingerprint density at radius 1 is 1.29 bits per heavy atom. The van der Waals surface area contributed by atoms with Crippen LogP contribution in [0.2, 0.25) is 0 Å². The highest BCUT2D eigenvalue weighted by Gasteiger charge is 2.11. The van der Waals surface area contributed by atoms with Gasteiger partial charge in [-0.15, -0.1) is 0 Å². The molecular formula is C15H20N2. The van der Waals surface area contributed by atoms with E-state index in [1.165, 1.54) is 23.4 Å². The molecule has 0 amide bonds. The first-order valence-corrected chi connectivity index (χ1v) is 6.40. The van der Waals surface area contributed by atoms with Crippen molar-refractivity contribution >= 4 is 11.4 Å². The summed E-state index contributed by atoms with van der Waals surface area (Å²) in [5, 5.41) is 0. The fraction of sp³-hybridized carbons (Fsp3) is 0.467. The van der Waals surface area contributed by atoms with E-state index >= 15 is 0 Å². The topological polar surface area (TPSA) is 24.7 Å². The van der Waals surface area contributed by atoms with Crippen LogP contribution < -0.4 is 0 Å². The molecule has 0 unspecified atom stereocenters. The summed E-state index contributed by atoms with van der Waals surface area (Å²) >= 11 is 0. The van der Waals surface area contributed by atoms with Gasteiger partial charge in [-0.2, -0.15) is 0 Å². The predicted octanol–water partition coefficient (Wildman–Crippen LogP) is 3.51. The molecule has 2 rings (SSSR count). The maximum absolute atomic E-state index is 4.75. The van der Waals surface area contributed by atoms with Gasteiger partial charge in [0, 0.05) is 30.4 Å². The van der Waals surface area contributed by atoms with Gasteiger partial charge in [0.05, 0.1) is 0 Å². The maximum Gasteiger partial charge on any atom is 0.0479 e. The second-order valence-corrected chi connectivity index (χ2v) is 4.76. The molecule has 1 aromatic carbocycles. The second-order valence-electron chi connectivity index (χ2n) is 4.76. The van der Waals surface area contributed by atoms with Crippen LogP contribution in [-0.4, -0.2) is 24.0 Å². The first-order chi connectivity index (χ1) is 8.25. The number of nitrogens with zero attached hydrogens (tertiary/aromatic N) is 2. The first-order valence-electron chi connectivity index (χ1n) is 6.40. The minimum absolute atomic E-state index is 0.340. The Morgan fingerprint density at radius 2 is 2.06 bits per heavy atom. The first kappa shape index (κ1) is 12.0. The fourth-order valence-electron chi connectivity index (χ4n) is 2.10.